The highest BCUT2D eigenvalue weighted by Gasteiger charge is 2.29. The summed E-state index contributed by atoms with van der Waals surface area (Å²) in [5.41, 5.74) is 11.4. The van der Waals surface area contributed by atoms with E-state index in [1.54, 1.807) is 0 Å². The highest BCUT2D eigenvalue weighted by molar-refractivity contribution is 6.09. The van der Waals surface area contributed by atoms with Gasteiger partial charge in [0.15, 0.2) is 0 Å². The van der Waals surface area contributed by atoms with Crippen LogP contribution in [0.2, 0.25) is 0 Å². The number of nitrogens with zero attached hydrogens (tertiary/aromatic N) is 4. The van der Waals surface area contributed by atoms with E-state index < -0.39 is 0 Å². The van der Waals surface area contributed by atoms with Gasteiger partial charge in [-0.05, 0) is 93.2 Å². The van der Waals surface area contributed by atoms with E-state index in [1.807, 2.05) is 6.20 Å². The van der Waals surface area contributed by atoms with Gasteiger partial charge in [-0.2, -0.15) is 0 Å². The van der Waals surface area contributed by atoms with Crippen LogP contribution in [-0.2, 0) is 16.2 Å². The normalized spacial score (nSPS) is 13.6. The SMILES string of the molecule is CC(C)(C)c1cccc(N2CN(c3cc(Oc4ccc5c6ccccc6n(-c6cc(C(C)(C)C)ccn6)c5c4)cc(C(C)(C)c4ccccc4)c3)C=C2c2ccccc2)c1. The van der Waals surface area contributed by atoms with Gasteiger partial charge in [0, 0.05) is 52.1 Å². The summed E-state index contributed by atoms with van der Waals surface area (Å²) in [6, 6.07) is 56.6. The second kappa shape index (κ2) is 14.9. The van der Waals surface area contributed by atoms with E-state index in [9.17, 15) is 0 Å². The Hall–Kier alpha value is -6.59. The van der Waals surface area contributed by atoms with Crippen molar-refractivity contribution in [2.24, 2.45) is 0 Å². The molecule has 0 atom stereocenters. The number of pyridine rings is 1. The molecule has 9 rings (SSSR count). The second-order valence-electron chi connectivity index (χ2n) is 18.7. The van der Waals surface area contributed by atoms with E-state index >= 15 is 0 Å². The van der Waals surface area contributed by atoms with Gasteiger partial charge in [0.05, 0.1) is 23.4 Å². The molecule has 3 heterocycles. The molecule has 60 heavy (non-hydrogen) atoms. The maximum atomic E-state index is 7.00. The number of rotatable bonds is 8. The molecule has 0 aliphatic carbocycles. The molecule has 0 saturated heterocycles. The Morgan fingerprint density at radius 1 is 0.500 bits per heavy atom. The number of fused-ring (bicyclic) bond motifs is 3. The highest BCUT2D eigenvalue weighted by atomic mass is 16.5. The van der Waals surface area contributed by atoms with Gasteiger partial charge in [-0.15, -0.1) is 0 Å². The minimum absolute atomic E-state index is 0.0130. The van der Waals surface area contributed by atoms with Crippen molar-refractivity contribution in [1.29, 1.82) is 0 Å². The van der Waals surface area contributed by atoms with E-state index in [4.69, 9.17) is 9.72 Å². The van der Waals surface area contributed by atoms with Crippen molar-refractivity contribution in [2.75, 3.05) is 16.5 Å². The zero-order valence-electron chi connectivity index (χ0n) is 36.1. The fourth-order valence-corrected chi connectivity index (χ4v) is 8.44. The average molecular weight is 787 g/mol. The van der Waals surface area contributed by atoms with Crippen LogP contribution in [0.1, 0.15) is 83.2 Å². The molecule has 0 bridgehead atoms. The molecular formula is C55H54N4O. The zero-order chi connectivity index (χ0) is 41.8. The number of hydrogen-bond acceptors (Lipinski definition) is 4. The largest absolute Gasteiger partial charge is 0.457 e. The van der Waals surface area contributed by atoms with E-state index in [1.165, 1.54) is 38.9 Å². The Kier molecular flexibility index (Phi) is 9.66. The first-order valence-corrected chi connectivity index (χ1v) is 21.1. The fourth-order valence-electron chi connectivity index (χ4n) is 8.44. The summed E-state index contributed by atoms with van der Waals surface area (Å²) < 4.78 is 9.28. The molecule has 0 fully saturated rings. The number of aromatic nitrogens is 2. The molecule has 6 aromatic carbocycles. The molecule has 1 aliphatic heterocycles. The van der Waals surface area contributed by atoms with E-state index in [0.717, 1.165) is 45.1 Å². The predicted octanol–water partition coefficient (Wildman–Crippen LogP) is 14.2. The summed E-state index contributed by atoms with van der Waals surface area (Å²) in [7, 11) is 0. The first-order valence-electron chi connectivity index (χ1n) is 21.1. The van der Waals surface area contributed by atoms with Gasteiger partial charge in [-0.1, -0.05) is 146 Å². The number of para-hydroxylation sites is 1. The van der Waals surface area contributed by atoms with Gasteiger partial charge >= 0.3 is 0 Å². The van der Waals surface area contributed by atoms with Gasteiger partial charge in [-0.3, -0.25) is 4.57 Å². The quantitative estimate of drug-likeness (QED) is 0.154. The first-order chi connectivity index (χ1) is 28.7. The average Bonchev–Trinajstić information content (AvgIpc) is 3.84. The van der Waals surface area contributed by atoms with Crippen molar-refractivity contribution in [3.63, 3.8) is 0 Å². The van der Waals surface area contributed by atoms with Crippen LogP contribution in [0.15, 0.2) is 170 Å². The maximum Gasteiger partial charge on any atom is 0.137 e. The van der Waals surface area contributed by atoms with Crippen molar-refractivity contribution >= 4 is 38.9 Å². The van der Waals surface area contributed by atoms with Crippen LogP contribution in [0.3, 0.4) is 0 Å². The minimum atomic E-state index is -0.304. The summed E-state index contributed by atoms with van der Waals surface area (Å²) in [6.45, 7) is 18.8. The molecular weight excluding hydrogens is 733 g/mol. The Labute approximate surface area is 355 Å². The van der Waals surface area contributed by atoms with Gasteiger partial charge in [0.2, 0.25) is 0 Å². The molecule has 0 spiro atoms. The molecule has 0 amide bonds. The van der Waals surface area contributed by atoms with Crippen LogP contribution in [-0.4, -0.2) is 16.2 Å². The Morgan fingerprint density at radius 2 is 1.15 bits per heavy atom. The fraction of sp³-hybridized carbons (Fsp3) is 0.218. The van der Waals surface area contributed by atoms with Crippen LogP contribution in [0.25, 0.3) is 33.3 Å². The van der Waals surface area contributed by atoms with E-state index in [2.05, 4.69) is 234 Å². The third-order valence-corrected chi connectivity index (χ3v) is 12.1. The molecule has 8 aromatic rings. The van der Waals surface area contributed by atoms with Gasteiger partial charge in [0.1, 0.15) is 17.3 Å². The van der Waals surface area contributed by atoms with E-state index in [-0.39, 0.29) is 16.2 Å². The van der Waals surface area contributed by atoms with Crippen LogP contribution in [0.4, 0.5) is 11.4 Å². The predicted molar refractivity (Wildman–Crippen MR) is 252 cm³/mol. The smallest absolute Gasteiger partial charge is 0.137 e. The molecule has 0 N–H and O–H groups in total. The number of hydrogen-bond donors (Lipinski definition) is 0. The molecule has 0 saturated carbocycles. The summed E-state index contributed by atoms with van der Waals surface area (Å²) in [5, 5.41) is 2.34. The molecule has 2 aromatic heterocycles. The van der Waals surface area contributed by atoms with Crippen molar-refractivity contribution < 1.29 is 4.74 Å². The standard InChI is InChI=1S/C55H54N4O/c1-53(2,3)40-22-17-23-43(30-40)58-37-57(36-51(58)38-18-11-9-12-19-38)44-31-42(55(7,8)39-20-13-10-14-21-39)32-46(34-44)60-45-26-27-48-47-24-15-16-25-49(47)59(50(48)35-45)52-33-41(28-29-56-52)54(4,5)6/h9-36H,37H2,1-8H3. The summed E-state index contributed by atoms with van der Waals surface area (Å²) >= 11 is 0. The monoisotopic (exact) mass is 786 g/mol. The Balaban J connectivity index is 1.17. The summed E-state index contributed by atoms with van der Waals surface area (Å²) in [5.74, 6) is 2.44. The second-order valence-corrected chi connectivity index (χ2v) is 18.7. The third kappa shape index (κ3) is 7.34. The zero-order valence-corrected chi connectivity index (χ0v) is 36.1. The minimum Gasteiger partial charge on any atom is -0.457 e. The van der Waals surface area contributed by atoms with Crippen LogP contribution in [0, 0.1) is 0 Å². The molecule has 1 aliphatic rings. The van der Waals surface area contributed by atoms with Crippen molar-refractivity contribution in [3.05, 3.63) is 198 Å². The number of benzene rings is 6. The van der Waals surface area contributed by atoms with Crippen molar-refractivity contribution in [3.8, 4) is 17.3 Å². The highest BCUT2D eigenvalue weighted by Crippen LogP contribution is 2.42. The first kappa shape index (κ1) is 38.9. The van der Waals surface area contributed by atoms with Crippen LogP contribution in [0.5, 0.6) is 11.5 Å². The van der Waals surface area contributed by atoms with Crippen molar-refractivity contribution in [2.45, 2.75) is 71.6 Å². The lowest BCUT2D eigenvalue weighted by Crippen LogP contribution is -2.27. The molecule has 0 unspecified atom stereocenters. The van der Waals surface area contributed by atoms with Gasteiger partial charge < -0.3 is 14.5 Å². The molecule has 0 radical (unpaired) electrons. The molecule has 5 nitrogen and oxygen atoms in total. The number of anilines is 2. The maximum absolute atomic E-state index is 7.00. The Bertz CT molecular complexity index is 2870. The lowest BCUT2D eigenvalue weighted by molar-refractivity contribution is 0.480. The summed E-state index contributed by atoms with van der Waals surface area (Å²) in [6.07, 6.45) is 4.22. The summed E-state index contributed by atoms with van der Waals surface area (Å²) in [4.78, 5) is 9.70. The van der Waals surface area contributed by atoms with Crippen molar-refractivity contribution in [1.82, 2.24) is 9.55 Å². The lowest BCUT2D eigenvalue weighted by atomic mass is 9.78. The van der Waals surface area contributed by atoms with Crippen LogP contribution < -0.4 is 14.5 Å². The molecule has 300 valence electrons. The van der Waals surface area contributed by atoms with E-state index in [0.29, 0.717) is 6.67 Å². The third-order valence-electron chi connectivity index (χ3n) is 12.1. The van der Waals surface area contributed by atoms with Gasteiger partial charge in [0.25, 0.3) is 0 Å². The molecule has 5 heteroatoms. The lowest BCUT2D eigenvalue weighted by Gasteiger charge is -2.29. The van der Waals surface area contributed by atoms with Gasteiger partial charge in [-0.25, -0.2) is 4.98 Å². The Morgan fingerprint density at radius 3 is 1.90 bits per heavy atom. The van der Waals surface area contributed by atoms with Crippen LogP contribution >= 0.6 is 0 Å². The number of ether oxygens (including phenoxy) is 1. The topological polar surface area (TPSA) is 33.5 Å².